The molecule has 1 aliphatic heterocycles. The van der Waals surface area contributed by atoms with E-state index in [1.54, 1.807) is 0 Å². The average Bonchev–Trinajstić information content (AvgIpc) is 2.86. The zero-order valence-corrected chi connectivity index (χ0v) is 27.6. The molecule has 0 radical (unpaired) electrons. The van der Waals surface area contributed by atoms with Crippen LogP contribution in [0.4, 0.5) is 0 Å². The van der Waals surface area contributed by atoms with Crippen LogP contribution in [0.3, 0.4) is 0 Å². The summed E-state index contributed by atoms with van der Waals surface area (Å²) >= 11 is -4.08. The van der Waals surface area contributed by atoms with Crippen molar-refractivity contribution in [3.05, 3.63) is 57.6 Å². The molecule has 2 fully saturated rings. The second kappa shape index (κ2) is 11.6. The quantitative estimate of drug-likeness (QED) is 0.328. The van der Waals surface area contributed by atoms with Gasteiger partial charge in [0.25, 0.3) is 0 Å². The fourth-order valence-corrected chi connectivity index (χ4v) is 10.5. The van der Waals surface area contributed by atoms with Gasteiger partial charge in [0.1, 0.15) is 0 Å². The molecule has 4 nitrogen and oxygen atoms in total. The highest BCUT2D eigenvalue weighted by Gasteiger charge is 2.58. The number of hydrogen-bond acceptors (Lipinski definition) is 4. The predicted octanol–water partition coefficient (Wildman–Crippen LogP) is 9.39. The molecule has 2 saturated carbocycles. The minimum atomic E-state index is -4.08. The summed E-state index contributed by atoms with van der Waals surface area (Å²) in [6.45, 7) is 17.6. The van der Waals surface area contributed by atoms with Gasteiger partial charge in [0.15, 0.2) is 0 Å². The van der Waals surface area contributed by atoms with E-state index in [2.05, 4.69) is 79.7 Å². The van der Waals surface area contributed by atoms with Gasteiger partial charge in [0.05, 0.1) is 11.5 Å². The van der Waals surface area contributed by atoms with Crippen LogP contribution in [0.1, 0.15) is 139 Å². The molecule has 5 heteroatoms. The van der Waals surface area contributed by atoms with Crippen molar-refractivity contribution in [3.63, 3.8) is 0 Å². The zero-order chi connectivity index (χ0) is 28.7. The molecular formula is C35H52AlO4-. The summed E-state index contributed by atoms with van der Waals surface area (Å²) < 4.78 is 27.9. The molecule has 220 valence electrons. The van der Waals surface area contributed by atoms with Crippen LogP contribution in [0.25, 0.3) is 0 Å². The van der Waals surface area contributed by atoms with E-state index in [9.17, 15) is 0 Å². The van der Waals surface area contributed by atoms with E-state index in [0.717, 1.165) is 17.9 Å². The van der Waals surface area contributed by atoms with Gasteiger partial charge in [-0.3, -0.25) is 0 Å². The maximum atomic E-state index is 7.21. The zero-order valence-electron chi connectivity index (χ0n) is 26.5. The van der Waals surface area contributed by atoms with Crippen molar-refractivity contribution in [1.29, 1.82) is 0 Å². The predicted molar refractivity (Wildman–Crippen MR) is 165 cm³/mol. The van der Waals surface area contributed by atoms with Crippen LogP contribution in [0.5, 0.6) is 11.5 Å². The summed E-state index contributed by atoms with van der Waals surface area (Å²) in [5.74, 6) is 1.91. The Kier molecular flexibility index (Phi) is 8.72. The van der Waals surface area contributed by atoms with Gasteiger partial charge in [-0.2, -0.15) is 0 Å². The smallest absolute Gasteiger partial charge is 0.719 e. The van der Waals surface area contributed by atoms with E-state index >= 15 is 0 Å². The van der Waals surface area contributed by atoms with Gasteiger partial charge >= 0.3 is 14.4 Å². The van der Waals surface area contributed by atoms with E-state index in [-0.39, 0.29) is 23.0 Å². The molecule has 0 saturated heterocycles. The van der Waals surface area contributed by atoms with Crippen molar-refractivity contribution >= 4 is 14.4 Å². The Morgan fingerprint density at radius 3 is 1.35 bits per heavy atom. The normalized spacial score (nSPS) is 21.6. The van der Waals surface area contributed by atoms with Crippen LogP contribution in [0.15, 0.2) is 24.3 Å². The fraction of sp³-hybridized carbons (Fsp3) is 0.657. The van der Waals surface area contributed by atoms with Crippen molar-refractivity contribution in [3.8, 4) is 11.5 Å². The van der Waals surface area contributed by atoms with Gasteiger partial charge < -0.3 is 15.2 Å². The number of rotatable bonds is 6. The molecule has 2 aromatic rings. The standard InChI is InChI=1S/C29H40O2.2C3H7O.Al/c1-20-15-22(26(30)24(17-20)28(3)11-7-5-8-12-28)19-23-16-21(2)18-25(27(23)31)29(4)13-9-6-10-14-29;2*1-3(2)4;/h15-18,30-31H,5-14,19H2,1-4H3;2*3H,1-2H3;/q;2*-1;+3/p-2. The van der Waals surface area contributed by atoms with E-state index in [1.807, 2.05) is 0 Å². The largest absolute Gasteiger partial charge is 1.04 e. The molecule has 5 rings (SSSR count). The molecule has 0 unspecified atom stereocenters. The lowest BCUT2D eigenvalue weighted by atomic mass is 9.69. The lowest BCUT2D eigenvalue weighted by Gasteiger charge is -2.47. The minimum absolute atomic E-state index is 0.0734. The molecule has 0 atom stereocenters. The Bertz CT molecular complexity index is 1110. The highest BCUT2D eigenvalue weighted by atomic mass is 27.3. The van der Waals surface area contributed by atoms with Gasteiger partial charge in [-0.25, -0.2) is 0 Å². The minimum Gasteiger partial charge on any atom is -0.719 e. The van der Waals surface area contributed by atoms with Crippen molar-refractivity contribution in [2.75, 3.05) is 0 Å². The molecular weight excluding hydrogens is 511 g/mol. The van der Waals surface area contributed by atoms with E-state index in [0.29, 0.717) is 0 Å². The summed E-state index contributed by atoms with van der Waals surface area (Å²) in [7, 11) is 0. The molecule has 2 aromatic carbocycles. The second-order valence-corrected chi connectivity index (χ2v) is 16.4. The average molecular weight is 564 g/mol. The number of fused-ring (bicyclic) bond motifs is 2. The SMILES string of the molecule is Cc1cc2c(c(C3(C)CCCCC3)c1)[O][Al-]([O]C(C)C)([O]C(C)C)[O]c1c(cc(C)cc1C1(C)CCCCC1)C2. The lowest BCUT2D eigenvalue weighted by Crippen LogP contribution is -2.58. The van der Waals surface area contributed by atoms with Crippen LogP contribution < -0.4 is 7.58 Å². The topological polar surface area (TPSA) is 36.9 Å². The molecule has 0 amide bonds. The van der Waals surface area contributed by atoms with Gasteiger partial charge in [-0.05, 0) is 113 Å². The second-order valence-electron chi connectivity index (χ2n) is 14.2. The van der Waals surface area contributed by atoms with Crippen molar-refractivity contribution in [2.45, 2.75) is 149 Å². The third-order valence-corrected chi connectivity index (χ3v) is 12.4. The van der Waals surface area contributed by atoms with E-state index in [1.165, 1.54) is 97.6 Å². The Hall–Kier alpha value is -1.51. The Morgan fingerprint density at radius 2 is 1.00 bits per heavy atom. The molecule has 40 heavy (non-hydrogen) atoms. The van der Waals surface area contributed by atoms with Crippen molar-refractivity contribution in [2.24, 2.45) is 0 Å². The summed E-state index contributed by atoms with van der Waals surface area (Å²) in [5, 5.41) is 0. The number of benzene rings is 2. The van der Waals surface area contributed by atoms with Crippen molar-refractivity contribution in [1.82, 2.24) is 0 Å². The van der Waals surface area contributed by atoms with E-state index in [4.69, 9.17) is 15.2 Å². The Morgan fingerprint density at radius 1 is 0.625 bits per heavy atom. The molecule has 2 aliphatic carbocycles. The maximum absolute atomic E-state index is 7.21. The maximum Gasteiger partial charge on any atom is 1.04 e. The van der Waals surface area contributed by atoms with Gasteiger partial charge in [0, 0.05) is 6.42 Å². The Labute approximate surface area is 247 Å². The van der Waals surface area contributed by atoms with Gasteiger partial charge in [-0.1, -0.05) is 87.8 Å². The third kappa shape index (κ3) is 6.14. The summed E-state index contributed by atoms with van der Waals surface area (Å²) in [6, 6.07) is 9.40. The molecule has 0 bridgehead atoms. The first-order valence-electron chi connectivity index (χ1n) is 16.1. The summed E-state index contributed by atoms with van der Waals surface area (Å²) in [6.07, 6.45) is 13.0. The van der Waals surface area contributed by atoms with E-state index < -0.39 is 14.4 Å². The van der Waals surface area contributed by atoms with Gasteiger partial charge in [0.2, 0.25) is 0 Å². The number of hydrogen-bond donors (Lipinski definition) is 0. The first-order valence-corrected chi connectivity index (χ1v) is 17.9. The van der Waals surface area contributed by atoms with Crippen LogP contribution in [0, 0.1) is 13.8 Å². The summed E-state index contributed by atoms with van der Waals surface area (Å²) in [5.41, 5.74) is 7.83. The monoisotopic (exact) mass is 563 g/mol. The molecule has 0 N–H and O–H groups in total. The van der Waals surface area contributed by atoms with Crippen LogP contribution in [-0.2, 0) is 24.8 Å². The number of aryl methyl sites for hydroxylation is 2. The molecule has 1 heterocycles. The Balaban J connectivity index is 1.77. The third-order valence-electron chi connectivity index (χ3n) is 9.62. The fourth-order valence-electron chi connectivity index (χ4n) is 7.66. The van der Waals surface area contributed by atoms with Gasteiger partial charge in [-0.15, -0.1) is 0 Å². The van der Waals surface area contributed by atoms with Crippen LogP contribution >= 0.6 is 0 Å². The summed E-state index contributed by atoms with van der Waals surface area (Å²) in [4.78, 5) is 0. The lowest BCUT2D eigenvalue weighted by molar-refractivity contribution is -0.00152. The first-order chi connectivity index (χ1) is 18.9. The molecule has 0 spiro atoms. The van der Waals surface area contributed by atoms with Crippen molar-refractivity contribution < 1.29 is 15.2 Å². The van der Waals surface area contributed by atoms with Crippen LogP contribution in [-0.4, -0.2) is 26.6 Å². The molecule has 0 aromatic heterocycles. The highest BCUT2D eigenvalue weighted by Crippen LogP contribution is 2.50. The molecule has 3 aliphatic rings. The first kappa shape index (κ1) is 30.0. The highest BCUT2D eigenvalue weighted by molar-refractivity contribution is 6.55. The van der Waals surface area contributed by atoms with Crippen LogP contribution in [0.2, 0.25) is 0 Å².